The second-order valence-electron chi connectivity index (χ2n) is 7.11. The molecule has 1 aromatic carbocycles. The van der Waals surface area contributed by atoms with E-state index in [4.69, 9.17) is 0 Å². The van der Waals surface area contributed by atoms with Gasteiger partial charge in [-0.15, -0.1) is 0 Å². The number of piperidine rings is 1. The second-order valence-corrected chi connectivity index (χ2v) is 7.11. The van der Waals surface area contributed by atoms with Gasteiger partial charge in [0.05, 0.1) is 23.1 Å². The fourth-order valence-corrected chi connectivity index (χ4v) is 3.76. The minimum atomic E-state index is 0.00409. The third-order valence-electron chi connectivity index (χ3n) is 5.30. The SMILES string of the molecule is CNc1c(N(C=O)C2CCN(C(=O)CCC(C)=O)CC2)cnc2ccccc12. The smallest absolute Gasteiger partial charge is 0.223 e. The molecule has 2 aromatic rings. The third kappa shape index (κ3) is 4.13. The summed E-state index contributed by atoms with van der Waals surface area (Å²) in [6.07, 6.45) is 4.52. The van der Waals surface area contributed by atoms with Crippen LogP contribution in [0.25, 0.3) is 10.9 Å². The molecule has 1 aliphatic heterocycles. The number of nitrogens with one attached hydrogen (secondary N) is 1. The maximum absolute atomic E-state index is 12.2. The molecule has 1 aliphatic rings. The predicted octanol–water partition coefficient (Wildman–Crippen LogP) is 2.60. The molecule has 1 N–H and O–H groups in total. The number of para-hydroxylation sites is 1. The Morgan fingerprint density at radius 3 is 2.61 bits per heavy atom. The topological polar surface area (TPSA) is 82.6 Å². The molecule has 28 heavy (non-hydrogen) atoms. The lowest BCUT2D eigenvalue weighted by Gasteiger charge is -2.37. The molecule has 7 nitrogen and oxygen atoms in total. The number of hydrogen-bond acceptors (Lipinski definition) is 5. The van der Waals surface area contributed by atoms with Crippen LogP contribution in [0.2, 0.25) is 0 Å². The van der Waals surface area contributed by atoms with Gasteiger partial charge in [0.2, 0.25) is 12.3 Å². The number of nitrogens with zero attached hydrogens (tertiary/aromatic N) is 3. The van der Waals surface area contributed by atoms with Crippen molar-refractivity contribution in [2.45, 2.75) is 38.6 Å². The van der Waals surface area contributed by atoms with E-state index in [1.165, 1.54) is 6.92 Å². The van der Waals surface area contributed by atoms with Gasteiger partial charge in [0.1, 0.15) is 5.78 Å². The van der Waals surface area contributed by atoms with Gasteiger partial charge in [0.25, 0.3) is 0 Å². The van der Waals surface area contributed by atoms with E-state index in [1.54, 1.807) is 16.0 Å². The van der Waals surface area contributed by atoms with Crippen LogP contribution in [-0.2, 0) is 14.4 Å². The molecule has 1 saturated heterocycles. The summed E-state index contributed by atoms with van der Waals surface area (Å²) in [6.45, 7) is 2.67. The highest BCUT2D eigenvalue weighted by Gasteiger charge is 2.28. The average molecular weight is 382 g/mol. The lowest BCUT2D eigenvalue weighted by molar-refractivity contribution is -0.133. The van der Waals surface area contributed by atoms with Gasteiger partial charge >= 0.3 is 0 Å². The summed E-state index contributed by atoms with van der Waals surface area (Å²) in [4.78, 5) is 43.3. The Morgan fingerprint density at radius 1 is 1.25 bits per heavy atom. The van der Waals surface area contributed by atoms with Gasteiger partial charge < -0.3 is 19.9 Å². The summed E-state index contributed by atoms with van der Waals surface area (Å²) in [7, 11) is 1.84. The Morgan fingerprint density at radius 2 is 1.96 bits per heavy atom. The molecule has 2 heterocycles. The van der Waals surface area contributed by atoms with Crippen molar-refractivity contribution in [3.63, 3.8) is 0 Å². The zero-order valence-electron chi connectivity index (χ0n) is 16.4. The first kappa shape index (κ1) is 19.8. The number of carbonyl (C=O) groups is 3. The van der Waals surface area contributed by atoms with Crippen LogP contribution in [0.3, 0.4) is 0 Å². The number of pyridine rings is 1. The quantitative estimate of drug-likeness (QED) is 0.745. The maximum Gasteiger partial charge on any atom is 0.223 e. The molecule has 3 rings (SSSR count). The van der Waals surface area contributed by atoms with Crippen molar-refractivity contribution in [2.75, 3.05) is 30.4 Å². The molecular weight excluding hydrogens is 356 g/mol. The summed E-state index contributed by atoms with van der Waals surface area (Å²) in [5.74, 6) is 0.0355. The van der Waals surface area contributed by atoms with Crippen LogP contribution in [-0.4, -0.2) is 54.2 Å². The van der Waals surface area contributed by atoms with Gasteiger partial charge in [-0.05, 0) is 25.8 Å². The van der Waals surface area contributed by atoms with Gasteiger partial charge in [-0.25, -0.2) is 0 Å². The molecule has 148 valence electrons. The van der Waals surface area contributed by atoms with E-state index in [2.05, 4.69) is 10.3 Å². The Balaban J connectivity index is 1.75. The summed E-state index contributed by atoms with van der Waals surface area (Å²) >= 11 is 0. The number of benzene rings is 1. The van der Waals surface area contributed by atoms with Crippen LogP contribution in [0.5, 0.6) is 0 Å². The van der Waals surface area contributed by atoms with Gasteiger partial charge in [0.15, 0.2) is 0 Å². The van der Waals surface area contributed by atoms with Crippen molar-refractivity contribution in [2.24, 2.45) is 0 Å². The first-order valence-electron chi connectivity index (χ1n) is 9.61. The highest BCUT2D eigenvalue weighted by Crippen LogP contribution is 2.34. The monoisotopic (exact) mass is 382 g/mol. The van der Waals surface area contributed by atoms with Crippen LogP contribution < -0.4 is 10.2 Å². The van der Waals surface area contributed by atoms with Crippen molar-refractivity contribution < 1.29 is 14.4 Å². The van der Waals surface area contributed by atoms with E-state index < -0.39 is 0 Å². The molecule has 0 spiro atoms. The maximum atomic E-state index is 12.2. The largest absolute Gasteiger partial charge is 0.386 e. The average Bonchev–Trinajstić information content (AvgIpc) is 2.72. The highest BCUT2D eigenvalue weighted by molar-refractivity contribution is 6.00. The minimum absolute atomic E-state index is 0.00409. The second kappa shape index (κ2) is 8.82. The molecule has 0 radical (unpaired) electrons. The molecule has 2 amide bonds. The van der Waals surface area contributed by atoms with Crippen LogP contribution in [0.1, 0.15) is 32.6 Å². The molecule has 0 saturated carbocycles. The van der Waals surface area contributed by atoms with E-state index in [0.29, 0.717) is 25.9 Å². The standard InChI is InChI=1S/C21H26N4O3/c1-15(27)7-8-20(28)24-11-9-16(10-12-24)25(14-26)19-13-23-18-6-4-3-5-17(18)21(19)22-2/h3-6,13-14,16H,7-12H2,1-2H3,(H,22,23). The number of hydrogen-bond donors (Lipinski definition) is 1. The molecular formula is C21H26N4O3. The van der Waals surface area contributed by atoms with Crippen molar-refractivity contribution in [3.8, 4) is 0 Å². The molecule has 0 bridgehead atoms. The number of Topliss-reactive ketones (excluding diaryl/α,β-unsaturated/α-hetero) is 1. The zero-order valence-corrected chi connectivity index (χ0v) is 16.4. The number of rotatable bonds is 7. The molecule has 0 unspecified atom stereocenters. The van der Waals surface area contributed by atoms with Crippen LogP contribution in [0.15, 0.2) is 30.5 Å². The van der Waals surface area contributed by atoms with Crippen molar-refractivity contribution >= 4 is 40.4 Å². The van der Waals surface area contributed by atoms with Crippen LogP contribution in [0, 0.1) is 0 Å². The Hall–Kier alpha value is -2.96. The number of likely N-dealkylation sites (tertiary alicyclic amines) is 1. The summed E-state index contributed by atoms with van der Waals surface area (Å²) in [5.41, 5.74) is 2.49. The number of amides is 2. The van der Waals surface area contributed by atoms with Crippen molar-refractivity contribution in [1.29, 1.82) is 0 Å². The van der Waals surface area contributed by atoms with Crippen LogP contribution in [0.4, 0.5) is 11.4 Å². The fraction of sp³-hybridized carbons (Fsp3) is 0.429. The Labute approximate surface area is 164 Å². The molecule has 0 atom stereocenters. The van der Waals surface area contributed by atoms with E-state index in [1.807, 2.05) is 31.3 Å². The number of anilines is 2. The lowest BCUT2D eigenvalue weighted by atomic mass is 10.0. The Kier molecular flexibility index (Phi) is 6.23. The van der Waals surface area contributed by atoms with Gasteiger partial charge in [-0.1, -0.05) is 18.2 Å². The molecule has 1 aromatic heterocycles. The number of ketones is 1. The highest BCUT2D eigenvalue weighted by atomic mass is 16.2. The van der Waals surface area contributed by atoms with E-state index in [0.717, 1.165) is 28.7 Å². The van der Waals surface area contributed by atoms with E-state index in [9.17, 15) is 14.4 Å². The number of fused-ring (bicyclic) bond motifs is 1. The van der Waals surface area contributed by atoms with Gasteiger partial charge in [-0.2, -0.15) is 0 Å². The fourth-order valence-electron chi connectivity index (χ4n) is 3.76. The summed E-state index contributed by atoms with van der Waals surface area (Å²) in [5, 5.41) is 4.17. The van der Waals surface area contributed by atoms with Crippen LogP contribution >= 0.6 is 0 Å². The lowest BCUT2D eigenvalue weighted by Crippen LogP contribution is -2.46. The normalized spacial score (nSPS) is 14.7. The number of aromatic nitrogens is 1. The first-order valence-corrected chi connectivity index (χ1v) is 9.61. The van der Waals surface area contributed by atoms with Crippen molar-refractivity contribution in [1.82, 2.24) is 9.88 Å². The molecule has 7 heteroatoms. The predicted molar refractivity (Wildman–Crippen MR) is 109 cm³/mol. The molecule has 0 aliphatic carbocycles. The van der Waals surface area contributed by atoms with Gasteiger partial charge in [0, 0.05) is 44.4 Å². The summed E-state index contributed by atoms with van der Waals surface area (Å²) < 4.78 is 0. The minimum Gasteiger partial charge on any atom is -0.386 e. The van der Waals surface area contributed by atoms with E-state index >= 15 is 0 Å². The molecule has 1 fully saturated rings. The zero-order chi connectivity index (χ0) is 20.1. The first-order chi connectivity index (χ1) is 13.5. The summed E-state index contributed by atoms with van der Waals surface area (Å²) in [6, 6.07) is 7.81. The Bertz CT molecular complexity index is 875. The number of carbonyl (C=O) groups excluding carboxylic acids is 3. The van der Waals surface area contributed by atoms with Crippen molar-refractivity contribution in [3.05, 3.63) is 30.5 Å². The van der Waals surface area contributed by atoms with E-state index in [-0.39, 0.29) is 30.6 Å². The third-order valence-corrected chi connectivity index (χ3v) is 5.30. The van der Waals surface area contributed by atoms with Gasteiger partial charge in [-0.3, -0.25) is 14.6 Å².